The SMILES string of the molecule is CC[C@H](CS(=O)(=O)c1ccc(N2CCOCC2)cc1)Nc1ccc(S(=O)(=O)NC(=O)c2ccc(N3CCN(CC4=C(c5ccc(Cl)cc5)CCC(C)(C)C4)CC3)cc2)cc1S(=O)(=O)C(F)(F)F. The molecular weight excluding hydrogens is 951 g/mol. The van der Waals surface area contributed by atoms with E-state index in [0.717, 1.165) is 62.4 Å². The van der Waals surface area contributed by atoms with Crippen molar-refractivity contribution in [1.29, 1.82) is 0 Å². The van der Waals surface area contributed by atoms with E-state index >= 15 is 0 Å². The number of carbonyl (C=O) groups excluding carboxylic acids is 1. The highest BCUT2D eigenvalue weighted by Gasteiger charge is 2.48. The van der Waals surface area contributed by atoms with Crippen LogP contribution in [0.2, 0.25) is 5.02 Å². The van der Waals surface area contributed by atoms with Gasteiger partial charge in [-0.15, -0.1) is 0 Å². The number of benzene rings is 4. The van der Waals surface area contributed by atoms with Crippen LogP contribution < -0.4 is 19.8 Å². The summed E-state index contributed by atoms with van der Waals surface area (Å²) in [6, 6.07) is 21.2. The minimum atomic E-state index is -6.20. The molecule has 0 spiro atoms. The Morgan fingerprint density at radius 1 is 0.791 bits per heavy atom. The van der Waals surface area contributed by atoms with E-state index in [4.69, 9.17) is 16.3 Å². The Bertz CT molecular complexity index is 2800. The molecule has 2 N–H and O–H groups in total. The molecule has 362 valence electrons. The molecule has 2 aliphatic heterocycles. The quantitative estimate of drug-likeness (QED) is 0.118. The van der Waals surface area contributed by atoms with Crippen molar-refractivity contribution in [3.63, 3.8) is 0 Å². The highest BCUT2D eigenvalue weighted by molar-refractivity contribution is 7.92. The maximum Gasteiger partial charge on any atom is 0.501 e. The van der Waals surface area contributed by atoms with Gasteiger partial charge in [0.1, 0.15) is 4.90 Å². The van der Waals surface area contributed by atoms with E-state index in [1.165, 1.54) is 41.0 Å². The zero-order valence-electron chi connectivity index (χ0n) is 37.5. The van der Waals surface area contributed by atoms with Crippen LogP contribution in [0.4, 0.5) is 30.2 Å². The number of morpholine rings is 1. The van der Waals surface area contributed by atoms with Crippen molar-refractivity contribution >= 4 is 69.8 Å². The predicted molar refractivity (Wildman–Crippen MR) is 255 cm³/mol. The van der Waals surface area contributed by atoms with E-state index in [1.54, 1.807) is 31.2 Å². The number of nitrogens with zero attached hydrogens (tertiary/aromatic N) is 3. The van der Waals surface area contributed by atoms with Crippen LogP contribution in [0.15, 0.2) is 111 Å². The normalized spacial score (nSPS) is 18.1. The van der Waals surface area contributed by atoms with E-state index in [9.17, 15) is 43.2 Å². The molecule has 3 aliphatic rings. The smallest absolute Gasteiger partial charge is 0.380 e. The van der Waals surface area contributed by atoms with E-state index in [-0.39, 0.29) is 22.3 Å². The summed E-state index contributed by atoms with van der Waals surface area (Å²) in [7, 11) is -15.2. The zero-order valence-corrected chi connectivity index (χ0v) is 40.7. The van der Waals surface area contributed by atoms with Crippen molar-refractivity contribution in [2.45, 2.75) is 72.7 Å². The van der Waals surface area contributed by atoms with Crippen molar-refractivity contribution in [3.05, 3.63) is 113 Å². The number of hydrogen-bond acceptors (Lipinski definition) is 12. The van der Waals surface area contributed by atoms with Gasteiger partial charge >= 0.3 is 5.51 Å². The molecule has 2 fully saturated rings. The van der Waals surface area contributed by atoms with Crippen LogP contribution >= 0.6 is 11.6 Å². The molecule has 1 aliphatic carbocycles. The fraction of sp³-hybridized carbons (Fsp3) is 0.426. The van der Waals surface area contributed by atoms with Crippen LogP contribution in [-0.4, -0.2) is 112 Å². The van der Waals surface area contributed by atoms with E-state index in [2.05, 4.69) is 41.1 Å². The van der Waals surface area contributed by atoms with Gasteiger partial charge in [0, 0.05) is 73.8 Å². The fourth-order valence-electron chi connectivity index (χ4n) is 8.73. The van der Waals surface area contributed by atoms with Gasteiger partial charge in [-0.2, -0.15) is 13.2 Å². The lowest BCUT2D eigenvalue weighted by atomic mass is 9.73. The van der Waals surface area contributed by atoms with E-state index in [0.29, 0.717) is 50.5 Å². The number of piperazine rings is 1. The largest absolute Gasteiger partial charge is 0.501 e. The summed E-state index contributed by atoms with van der Waals surface area (Å²) in [6.07, 6.45) is 3.14. The number of anilines is 3. The highest BCUT2D eigenvalue weighted by Crippen LogP contribution is 2.43. The standard InChI is InChI=1S/C47H55ClF3N5O8S3/c1-4-37(32-65(58,59)40-15-13-39(14-16-40)56-25-27-64-28-26-56)52-43-18-17-41(29-44(43)66(60,61)47(49,50)51)67(62,63)53-45(57)34-7-11-38(12-8-34)55-23-21-54(22-24-55)31-35-30-46(2,3)20-19-42(35)33-5-9-36(48)10-6-33/h5-18,29,37,52H,4,19-28,30-32H2,1-3H3,(H,53,57)/t37-/m1/s1. The molecule has 2 saturated heterocycles. The summed E-state index contributed by atoms with van der Waals surface area (Å²) in [5.41, 5.74) is -0.775. The topological polar surface area (TPSA) is 162 Å². The van der Waals surface area contributed by atoms with Gasteiger partial charge in [0.15, 0.2) is 9.84 Å². The van der Waals surface area contributed by atoms with Crippen LogP contribution in [0.3, 0.4) is 0 Å². The molecule has 0 saturated carbocycles. The number of nitrogens with one attached hydrogen (secondary N) is 2. The average molecular weight is 1010 g/mol. The maximum atomic E-state index is 14.1. The number of hydrogen-bond donors (Lipinski definition) is 2. The van der Waals surface area contributed by atoms with E-state index < -0.39 is 68.4 Å². The minimum Gasteiger partial charge on any atom is -0.380 e. The van der Waals surface area contributed by atoms with Gasteiger partial charge in [-0.25, -0.2) is 30.0 Å². The number of sulfone groups is 2. The van der Waals surface area contributed by atoms with E-state index in [1.807, 2.05) is 21.8 Å². The molecule has 1 atom stereocenters. The van der Waals surface area contributed by atoms with Gasteiger partial charge in [0.2, 0.25) is 0 Å². The summed E-state index contributed by atoms with van der Waals surface area (Å²) in [4.78, 5) is 17.5. The van der Waals surface area contributed by atoms with Crippen LogP contribution in [-0.2, 0) is 34.4 Å². The number of sulfonamides is 1. The zero-order chi connectivity index (χ0) is 48.4. The van der Waals surface area contributed by atoms with Gasteiger partial charge in [0.05, 0.1) is 34.4 Å². The molecular formula is C47H55ClF3N5O8S3. The van der Waals surface area contributed by atoms with Crippen molar-refractivity contribution in [3.8, 4) is 0 Å². The number of ether oxygens (including phenoxy) is 1. The number of halogens is 4. The monoisotopic (exact) mass is 1010 g/mol. The Balaban J connectivity index is 1.01. The second kappa shape index (κ2) is 20.1. The van der Waals surface area contributed by atoms with Gasteiger partial charge in [-0.1, -0.05) is 50.1 Å². The first kappa shape index (κ1) is 50.2. The summed E-state index contributed by atoms with van der Waals surface area (Å²) in [6.45, 7) is 12.3. The summed E-state index contributed by atoms with van der Waals surface area (Å²) >= 11 is 6.18. The molecule has 0 aromatic heterocycles. The van der Waals surface area contributed by atoms with Gasteiger partial charge < -0.3 is 19.9 Å². The second-order valence-corrected chi connectivity index (χ2v) is 24.0. The number of alkyl halides is 3. The third-order valence-electron chi connectivity index (χ3n) is 12.6. The lowest BCUT2D eigenvalue weighted by Gasteiger charge is -2.39. The molecule has 67 heavy (non-hydrogen) atoms. The summed E-state index contributed by atoms with van der Waals surface area (Å²) < 4.78 is 129. The molecule has 0 radical (unpaired) electrons. The van der Waals surface area contributed by atoms with Crippen molar-refractivity contribution < 1.29 is 48.0 Å². The third kappa shape index (κ3) is 12.0. The van der Waals surface area contributed by atoms with Crippen molar-refractivity contribution in [2.75, 3.05) is 79.9 Å². The molecule has 20 heteroatoms. The molecule has 0 bridgehead atoms. The highest BCUT2D eigenvalue weighted by atomic mass is 35.5. The van der Waals surface area contributed by atoms with Gasteiger partial charge in [-0.05, 0) is 121 Å². The number of rotatable bonds is 15. The minimum absolute atomic E-state index is 0.0331. The molecule has 4 aromatic rings. The van der Waals surface area contributed by atoms with Crippen LogP contribution in [0, 0.1) is 5.41 Å². The number of carbonyl (C=O) groups is 1. The first-order chi connectivity index (χ1) is 31.5. The first-order valence-electron chi connectivity index (χ1n) is 22.0. The van der Waals surface area contributed by atoms with Gasteiger partial charge in [0.25, 0.3) is 25.8 Å². The van der Waals surface area contributed by atoms with Crippen molar-refractivity contribution in [2.24, 2.45) is 5.41 Å². The Kier molecular flexibility index (Phi) is 15.1. The average Bonchev–Trinajstić information content (AvgIpc) is 3.29. The first-order valence-corrected chi connectivity index (χ1v) is 27.0. The lowest BCUT2D eigenvalue weighted by Crippen LogP contribution is -2.47. The van der Waals surface area contributed by atoms with Gasteiger partial charge in [-0.3, -0.25) is 9.69 Å². The molecule has 2 heterocycles. The number of amides is 1. The molecule has 0 unspecified atom stereocenters. The molecule has 1 amide bonds. The molecule has 7 rings (SSSR count). The van der Waals surface area contributed by atoms with Crippen LogP contribution in [0.25, 0.3) is 5.57 Å². The molecule has 4 aromatic carbocycles. The van der Waals surface area contributed by atoms with Crippen LogP contribution in [0.1, 0.15) is 62.4 Å². The Labute approximate surface area is 396 Å². The summed E-state index contributed by atoms with van der Waals surface area (Å²) in [5.74, 6) is -1.71. The lowest BCUT2D eigenvalue weighted by molar-refractivity contribution is -0.0435. The fourth-order valence-corrected chi connectivity index (χ4v) is 12.5. The van der Waals surface area contributed by atoms with Crippen molar-refractivity contribution in [1.82, 2.24) is 9.62 Å². The Morgan fingerprint density at radius 3 is 1.97 bits per heavy atom. The Hall–Kier alpha value is -4.66. The predicted octanol–water partition coefficient (Wildman–Crippen LogP) is 8.04. The maximum absolute atomic E-state index is 14.1. The third-order valence-corrected chi connectivity index (χ3v) is 17.5. The Morgan fingerprint density at radius 2 is 1.37 bits per heavy atom. The molecule has 13 nitrogen and oxygen atoms in total. The number of allylic oxidation sites excluding steroid dienone is 1. The summed E-state index contributed by atoms with van der Waals surface area (Å²) in [5, 5.41) is 3.30. The second-order valence-electron chi connectivity index (χ2n) is 17.9. The van der Waals surface area contributed by atoms with Crippen LogP contribution in [0.5, 0.6) is 0 Å².